The molecule has 7 heteroatoms. The van der Waals surface area contributed by atoms with E-state index in [4.69, 9.17) is 14.2 Å². The van der Waals surface area contributed by atoms with Crippen molar-refractivity contribution in [3.8, 4) is 0 Å². The van der Waals surface area contributed by atoms with Gasteiger partial charge in [-0.15, -0.1) is 0 Å². The van der Waals surface area contributed by atoms with Gasteiger partial charge in [0.25, 0.3) is 0 Å². The first-order chi connectivity index (χ1) is 11.4. The fraction of sp³-hybridized carbons (Fsp3) is 0.588. The minimum atomic E-state index is -1.04. The Morgan fingerprint density at radius 1 is 1.33 bits per heavy atom. The van der Waals surface area contributed by atoms with E-state index < -0.39 is 36.2 Å². The Balaban J connectivity index is 1.68. The molecular weight excluding hydrogens is 314 g/mol. The molecule has 2 heterocycles. The van der Waals surface area contributed by atoms with Gasteiger partial charge in [-0.2, -0.15) is 0 Å². The summed E-state index contributed by atoms with van der Waals surface area (Å²) >= 11 is 0. The molecule has 1 aromatic carbocycles. The average molecular weight is 337 g/mol. The third-order valence-corrected chi connectivity index (χ3v) is 4.36. The van der Waals surface area contributed by atoms with Crippen LogP contribution in [0.3, 0.4) is 0 Å². The standard InChI is InChI=1S/C17H23NO6/c1-17(2)23-13-8-18(12(9-19)14(20)15(13)24-17)16(21)22-10-11-6-4-3-5-7-11/h3-7,12-15,19-20H,8-10H2,1-2H3/t12-,13-,14-,15-/m1/s1. The normalized spacial score (nSPS) is 31.6. The van der Waals surface area contributed by atoms with Crippen LogP contribution in [0.1, 0.15) is 19.4 Å². The predicted molar refractivity (Wildman–Crippen MR) is 84.0 cm³/mol. The van der Waals surface area contributed by atoms with Crippen molar-refractivity contribution in [1.29, 1.82) is 0 Å². The molecule has 0 aliphatic carbocycles. The lowest BCUT2D eigenvalue weighted by Crippen LogP contribution is -2.63. The minimum Gasteiger partial charge on any atom is -0.445 e. The summed E-state index contributed by atoms with van der Waals surface area (Å²) in [6, 6.07) is 8.53. The minimum absolute atomic E-state index is 0.126. The van der Waals surface area contributed by atoms with Crippen LogP contribution >= 0.6 is 0 Å². The van der Waals surface area contributed by atoms with Gasteiger partial charge in [-0.05, 0) is 19.4 Å². The molecule has 1 aromatic rings. The number of hydrogen-bond donors (Lipinski definition) is 2. The second-order valence-electron chi connectivity index (χ2n) is 6.57. The van der Waals surface area contributed by atoms with Crippen LogP contribution in [0.5, 0.6) is 0 Å². The zero-order valence-corrected chi connectivity index (χ0v) is 13.8. The molecule has 7 nitrogen and oxygen atoms in total. The Hall–Kier alpha value is -1.67. The molecule has 0 aromatic heterocycles. The van der Waals surface area contributed by atoms with Crippen LogP contribution in [-0.2, 0) is 20.8 Å². The topological polar surface area (TPSA) is 88.5 Å². The van der Waals surface area contributed by atoms with E-state index >= 15 is 0 Å². The highest BCUT2D eigenvalue weighted by molar-refractivity contribution is 5.68. The summed E-state index contributed by atoms with van der Waals surface area (Å²) in [5, 5.41) is 20.1. The summed E-state index contributed by atoms with van der Waals surface area (Å²) < 4.78 is 16.8. The quantitative estimate of drug-likeness (QED) is 0.851. The second kappa shape index (κ2) is 6.68. The monoisotopic (exact) mass is 337 g/mol. The molecule has 2 aliphatic heterocycles. The van der Waals surface area contributed by atoms with Crippen molar-refractivity contribution in [2.24, 2.45) is 0 Å². The molecule has 0 radical (unpaired) electrons. The van der Waals surface area contributed by atoms with E-state index in [1.807, 2.05) is 30.3 Å². The maximum Gasteiger partial charge on any atom is 0.410 e. The Kier molecular flexibility index (Phi) is 4.78. The number of ether oxygens (including phenoxy) is 3. The van der Waals surface area contributed by atoms with E-state index in [0.717, 1.165) is 5.56 Å². The number of aliphatic hydroxyl groups excluding tert-OH is 2. The molecule has 2 aliphatic rings. The van der Waals surface area contributed by atoms with Crippen molar-refractivity contribution in [2.75, 3.05) is 13.2 Å². The van der Waals surface area contributed by atoms with E-state index in [-0.39, 0.29) is 19.8 Å². The van der Waals surface area contributed by atoms with E-state index in [2.05, 4.69) is 0 Å². The molecule has 0 saturated carbocycles. The van der Waals surface area contributed by atoms with E-state index in [1.165, 1.54) is 4.90 Å². The number of benzene rings is 1. The van der Waals surface area contributed by atoms with Gasteiger partial charge in [0.2, 0.25) is 0 Å². The number of aliphatic hydroxyl groups is 2. The average Bonchev–Trinajstić information content (AvgIpc) is 2.88. The van der Waals surface area contributed by atoms with Crippen LogP contribution in [0.2, 0.25) is 0 Å². The summed E-state index contributed by atoms with van der Waals surface area (Å²) in [5.41, 5.74) is 0.864. The number of amides is 1. The van der Waals surface area contributed by atoms with Crippen LogP contribution in [0.4, 0.5) is 4.79 Å². The van der Waals surface area contributed by atoms with Gasteiger partial charge < -0.3 is 24.4 Å². The van der Waals surface area contributed by atoms with Gasteiger partial charge >= 0.3 is 6.09 Å². The van der Waals surface area contributed by atoms with Gasteiger partial charge in [-0.1, -0.05) is 30.3 Å². The number of hydrogen-bond acceptors (Lipinski definition) is 6. The van der Waals surface area contributed by atoms with E-state index in [1.54, 1.807) is 13.8 Å². The van der Waals surface area contributed by atoms with Crippen LogP contribution in [0, 0.1) is 0 Å². The number of rotatable bonds is 3. The van der Waals surface area contributed by atoms with Gasteiger partial charge in [-0.25, -0.2) is 4.79 Å². The molecule has 3 rings (SSSR count). The number of carbonyl (C=O) groups excluding carboxylic acids is 1. The zero-order chi connectivity index (χ0) is 17.3. The summed E-state index contributed by atoms with van der Waals surface area (Å²) in [7, 11) is 0. The fourth-order valence-corrected chi connectivity index (χ4v) is 3.25. The summed E-state index contributed by atoms with van der Waals surface area (Å²) in [6.45, 7) is 3.45. The Morgan fingerprint density at radius 3 is 2.71 bits per heavy atom. The molecule has 2 fully saturated rings. The van der Waals surface area contributed by atoms with Crippen molar-refractivity contribution < 1.29 is 29.2 Å². The maximum atomic E-state index is 12.4. The fourth-order valence-electron chi connectivity index (χ4n) is 3.25. The van der Waals surface area contributed by atoms with Gasteiger partial charge in [0, 0.05) is 0 Å². The molecule has 2 saturated heterocycles. The third kappa shape index (κ3) is 3.39. The number of piperidine rings is 1. The molecule has 0 bridgehead atoms. The van der Waals surface area contributed by atoms with E-state index in [0.29, 0.717) is 0 Å². The Bertz CT molecular complexity index is 578. The van der Waals surface area contributed by atoms with Gasteiger partial charge in [-0.3, -0.25) is 4.90 Å². The van der Waals surface area contributed by atoms with Gasteiger partial charge in [0.15, 0.2) is 5.79 Å². The first kappa shape index (κ1) is 17.2. The molecule has 0 spiro atoms. The van der Waals surface area contributed by atoms with Crippen LogP contribution in [0.25, 0.3) is 0 Å². The molecule has 4 atom stereocenters. The first-order valence-electron chi connectivity index (χ1n) is 8.03. The Morgan fingerprint density at radius 2 is 2.04 bits per heavy atom. The molecule has 2 N–H and O–H groups in total. The molecule has 1 amide bonds. The van der Waals surface area contributed by atoms with Gasteiger partial charge in [0.1, 0.15) is 24.9 Å². The molecule has 24 heavy (non-hydrogen) atoms. The third-order valence-electron chi connectivity index (χ3n) is 4.36. The number of likely N-dealkylation sites (tertiary alicyclic amines) is 1. The first-order valence-corrected chi connectivity index (χ1v) is 8.03. The Labute approximate surface area is 140 Å². The van der Waals surface area contributed by atoms with Crippen molar-refractivity contribution in [3.63, 3.8) is 0 Å². The van der Waals surface area contributed by atoms with Crippen molar-refractivity contribution in [3.05, 3.63) is 35.9 Å². The number of fused-ring (bicyclic) bond motifs is 1. The smallest absolute Gasteiger partial charge is 0.410 e. The molecular formula is C17H23NO6. The number of nitrogens with zero attached hydrogens (tertiary/aromatic N) is 1. The number of carbonyl (C=O) groups is 1. The van der Waals surface area contributed by atoms with Crippen molar-refractivity contribution in [1.82, 2.24) is 4.90 Å². The van der Waals surface area contributed by atoms with Crippen LogP contribution < -0.4 is 0 Å². The molecule has 132 valence electrons. The van der Waals surface area contributed by atoms with Crippen molar-refractivity contribution in [2.45, 2.75) is 50.6 Å². The molecule has 0 unspecified atom stereocenters. The highest BCUT2D eigenvalue weighted by atomic mass is 16.8. The lowest BCUT2D eigenvalue weighted by Gasteiger charge is -2.41. The van der Waals surface area contributed by atoms with Crippen LogP contribution in [-0.4, -0.2) is 64.5 Å². The lowest BCUT2D eigenvalue weighted by atomic mass is 9.95. The summed E-state index contributed by atoms with van der Waals surface area (Å²) in [4.78, 5) is 13.7. The van der Waals surface area contributed by atoms with Crippen molar-refractivity contribution >= 4 is 6.09 Å². The predicted octanol–water partition coefficient (Wildman–Crippen LogP) is 0.881. The zero-order valence-electron chi connectivity index (χ0n) is 13.8. The second-order valence-corrected chi connectivity index (χ2v) is 6.57. The summed E-state index contributed by atoms with van der Waals surface area (Å²) in [6.07, 6.45) is -2.67. The van der Waals surface area contributed by atoms with Gasteiger partial charge in [0.05, 0.1) is 19.2 Å². The van der Waals surface area contributed by atoms with Crippen LogP contribution in [0.15, 0.2) is 30.3 Å². The highest BCUT2D eigenvalue weighted by Crippen LogP contribution is 2.35. The van der Waals surface area contributed by atoms with E-state index in [9.17, 15) is 15.0 Å². The largest absolute Gasteiger partial charge is 0.445 e. The lowest BCUT2D eigenvalue weighted by molar-refractivity contribution is -0.155. The maximum absolute atomic E-state index is 12.4. The summed E-state index contributed by atoms with van der Waals surface area (Å²) in [5.74, 6) is -0.833. The highest BCUT2D eigenvalue weighted by Gasteiger charge is 2.53. The SMILES string of the molecule is CC1(C)O[C@H]2[C@H](O)[C@@H](CO)N(C(=O)OCc3ccccc3)C[C@H]2O1.